The zero-order valence-electron chi connectivity index (χ0n) is 14.1. The van der Waals surface area contributed by atoms with Crippen LogP contribution in [0.1, 0.15) is 0 Å². The lowest BCUT2D eigenvalue weighted by Crippen LogP contribution is -2.07. The highest BCUT2D eigenvalue weighted by Crippen LogP contribution is 2.42. The van der Waals surface area contributed by atoms with Crippen molar-refractivity contribution >= 4 is 0 Å². The zero-order valence-corrected chi connectivity index (χ0v) is 14.1. The molecule has 8 nitrogen and oxygen atoms in total. The van der Waals surface area contributed by atoms with Crippen LogP contribution in [0.25, 0.3) is 11.4 Å². The first-order valence-electron chi connectivity index (χ1n) is 7.06. The Balaban J connectivity index is 2.58. The summed E-state index contributed by atoms with van der Waals surface area (Å²) in [6.07, 6.45) is 3.18. The number of ether oxygens (including phenoxy) is 6. The van der Waals surface area contributed by atoms with Crippen LogP contribution in [-0.4, -0.2) is 52.0 Å². The SMILES string of the molecule is COCOc1c(OC)ccnc1-c1nccc(OC)c1OCOC. The largest absolute Gasteiger partial charge is 0.493 e. The minimum absolute atomic E-state index is 0.0350. The Bertz CT molecular complexity index is 608. The van der Waals surface area contributed by atoms with Gasteiger partial charge in [0.05, 0.1) is 14.2 Å². The molecule has 8 heteroatoms. The van der Waals surface area contributed by atoms with Crippen LogP contribution in [0, 0.1) is 0 Å². The van der Waals surface area contributed by atoms with Gasteiger partial charge >= 0.3 is 0 Å². The van der Waals surface area contributed by atoms with Crippen LogP contribution < -0.4 is 18.9 Å². The van der Waals surface area contributed by atoms with Crippen molar-refractivity contribution in [1.82, 2.24) is 9.97 Å². The standard InChI is InChI=1S/C16H20N2O6/c1-19-9-23-15-11(21-3)5-7-17-13(15)14-16(24-10-20-2)12(22-4)6-8-18-14/h5-8H,9-10H2,1-4H3. The highest BCUT2D eigenvalue weighted by atomic mass is 16.7. The van der Waals surface area contributed by atoms with Crippen molar-refractivity contribution in [2.24, 2.45) is 0 Å². The normalized spacial score (nSPS) is 10.3. The summed E-state index contributed by atoms with van der Waals surface area (Å²) in [5.74, 6) is 1.79. The molecule has 2 aromatic heterocycles. The van der Waals surface area contributed by atoms with Crippen molar-refractivity contribution in [3.63, 3.8) is 0 Å². The number of pyridine rings is 2. The van der Waals surface area contributed by atoms with E-state index in [-0.39, 0.29) is 13.6 Å². The predicted octanol–water partition coefficient (Wildman–Crippen LogP) is 2.13. The number of rotatable bonds is 9. The second kappa shape index (κ2) is 8.90. The molecule has 2 rings (SSSR count). The van der Waals surface area contributed by atoms with Crippen LogP contribution in [-0.2, 0) is 9.47 Å². The molecule has 0 saturated carbocycles. The van der Waals surface area contributed by atoms with Gasteiger partial charge in [0.15, 0.2) is 36.6 Å². The summed E-state index contributed by atoms with van der Waals surface area (Å²) in [7, 11) is 6.14. The monoisotopic (exact) mass is 336 g/mol. The molecule has 0 aliphatic heterocycles. The van der Waals surface area contributed by atoms with Gasteiger partial charge in [-0.2, -0.15) is 0 Å². The third kappa shape index (κ3) is 3.84. The third-order valence-corrected chi connectivity index (χ3v) is 3.04. The molecule has 0 saturated heterocycles. The third-order valence-electron chi connectivity index (χ3n) is 3.04. The van der Waals surface area contributed by atoms with Crippen molar-refractivity contribution in [3.8, 4) is 34.4 Å². The van der Waals surface area contributed by atoms with Crippen LogP contribution >= 0.6 is 0 Å². The van der Waals surface area contributed by atoms with E-state index in [4.69, 9.17) is 28.4 Å². The number of nitrogens with zero attached hydrogens (tertiary/aromatic N) is 2. The summed E-state index contributed by atoms with van der Waals surface area (Å²) in [5, 5.41) is 0. The maximum atomic E-state index is 5.62. The predicted molar refractivity (Wildman–Crippen MR) is 85.6 cm³/mol. The number of aromatic nitrogens is 2. The minimum atomic E-state index is 0.0350. The van der Waals surface area contributed by atoms with Crippen molar-refractivity contribution < 1.29 is 28.4 Å². The first kappa shape index (κ1) is 17.8. The Labute approximate surface area is 140 Å². The molecule has 2 heterocycles. The molecule has 0 fully saturated rings. The fraction of sp³-hybridized carbons (Fsp3) is 0.375. The summed E-state index contributed by atoms with van der Waals surface area (Å²) in [5.41, 5.74) is 0.882. The molecular weight excluding hydrogens is 316 g/mol. The van der Waals surface area contributed by atoms with E-state index < -0.39 is 0 Å². The minimum Gasteiger partial charge on any atom is -0.493 e. The highest BCUT2D eigenvalue weighted by Gasteiger charge is 2.22. The lowest BCUT2D eigenvalue weighted by atomic mass is 10.2. The van der Waals surface area contributed by atoms with Gasteiger partial charge < -0.3 is 28.4 Å². The van der Waals surface area contributed by atoms with Gasteiger partial charge in [0.25, 0.3) is 0 Å². The first-order chi connectivity index (χ1) is 11.8. The first-order valence-corrected chi connectivity index (χ1v) is 7.06. The lowest BCUT2D eigenvalue weighted by molar-refractivity contribution is 0.0477. The molecule has 0 aromatic carbocycles. The maximum absolute atomic E-state index is 5.62. The summed E-state index contributed by atoms with van der Waals surface area (Å²) < 4.78 is 31.9. The molecule has 0 N–H and O–H groups in total. The van der Waals surface area contributed by atoms with E-state index in [0.717, 1.165) is 0 Å². The average Bonchev–Trinajstić information content (AvgIpc) is 2.63. The average molecular weight is 336 g/mol. The lowest BCUT2D eigenvalue weighted by Gasteiger charge is -2.16. The van der Waals surface area contributed by atoms with Crippen molar-refractivity contribution in [3.05, 3.63) is 24.5 Å². The van der Waals surface area contributed by atoms with E-state index in [9.17, 15) is 0 Å². The molecular formula is C16H20N2O6. The van der Waals surface area contributed by atoms with Gasteiger partial charge in [-0.1, -0.05) is 0 Å². The Morgan fingerprint density at radius 3 is 1.46 bits per heavy atom. The van der Waals surface area contributed by atoms with E-state index in [1.165, 1.54) is 14.2 Å². The molecule has 0 amide bonds. The van der Waals surface area contributed by atoms with Crippen LogP contribution in [0.4, 0.5) is 0 Å². The van der Waals surface area contributed by atoms with E-state index in [1.807, 2.05) is 0 Å². The van der Waals surface area contributed by atoms with Gasteiger partial charge in [0, 0.05) is 38.7 Å². The smallest absolute Gasteiger partial charge is 0.192 e. The van der Waals surface area contributed by atoms with Gasteiger partial charge in [-0.3, -0.25) is 9.97 Å². The number of hydrogen-bond donors (Lipinski definition) is 0. The van der Waals surface area contributed by atoms with Gasteiger partial charge in [0.1, 0.15) is 11.4 Å². The topological polar surface area (TPSA) is 81.2 Å². The summed E-state index contributed by atoms with van der Waals surface area (Å²) in [6, 6.07) is 3.37. The Hall–Kier alpha value is -2.58. The van der Waals surface area contributed by atoms with Crippen LogP contribution in [0.2, 0.25) is 0 Å². The Morgan fingerprint density at radius 1 is 0.708 bits per heavy atom. The molecule has 130 valence electrons. The van der Waals surface area contributed by atoms with Crippen LogP contribution in [0.15, 0.2) is 24.5 Å². The van der Waals surface area contributed by atoms with E-state index in [0.29, 0.717) is 34.4 Å². The molecule has 0 unspecified atom stereocenters. The molecule has 0 atom stereocenters. The molecule has 0 bridgehead atoms. The van der Waals surface area contributed by atoms with Gasteiger partial charge in [-0.15, -0.1) is 0 Å². The van der Waals surface area contributed by atoms with Gasteiger partial charge in [-0.05, 0) is 0 Å². The van der Waals surface area contributed by atoms with Gasteiger partial charge in [-0.25, -0.2) is 0 Å². The van der Waals surface area contributed by atoms with Crippen molar-refractivity contribution in [2.75, 3.05) is 42.0 Å². The summed E-state index contributed by atoms with van der Waals surface area (Å²) in [6.45, 7) is 0.0700. The summed E-state index contributed by atoms with van der Waals surface area (Å²) >= 11 is 0. The zero-order chi connectivity index (χ0) is 17.4. The van der Waals surface area contributed by atoms with E-state index in [2.05, 4.69) is 9.97 Å². The van der Waals surface area contributed by atoms with Crippen molar-refractivity contribution in [2.45, 2.75) is 0 Å². The Kier molecular flexibility index (Phi) is 6.59. The van der Waals surface area contributed by atoms with Crippen LogP contribution in [0.5, 0.6) is 23.0 Å². The molecule has 0 aliphatic carbocycles. The van der Waals surface area contributed by atoms with E-state index in [1.54, 1.807) is 38.7 Å². The molecule has 0 spiro atoms. The number of methoxy groups -OCH3 is 4. The summed E-state index contributed by atoms with van der Waals surface area (Å²) in [4.78, 5) is 8.71. The van der Waals surface area contributed by atoms with Crippen molar-refractivity contribution in [1.29, 1.82) is 0 Å². The highest BCUT2D eigenvalue weighted by molar-refractivity contribution is 5.74. The number of hydrogen-bond acceptors (Lipinski definition) is 8. The van der Waals surface area contributed by atoms with Gasteiger partial charge in [0.2, 0.25) is 0 Å². The second-order valence-electron chi connectivity index (χ2n) is 4.48. The molecule has 2 aromatic rings. The maximum Gasteiger partial charge on any atom is 0.192 e. The fourth-order valence-electron chi connectivity index (χ4n) is 2.03. The molecule has 24 heavy (non-hydrogen) atoms. The fourth-order valence-corrected chi connectivity index (χ4v) is 2.03. The quantitative estimate of drug-likeness (QED) is 0.644. The van der Waals surface area contributed by atoms with E-state index >= 15 is 0 Å². The molecule has 0 aliphatic rings. The Morgan fingerprint density at radius 2 is 1.12 bits per heavy atom. The second-order valence-corrected chi connectivity index (χ2v) is 4.48. The molecule has 0 radical (unpaired) electrons. The van der Waals surface area contributed by atoms with Crippen LogP contribution in [0.3, 0.4) is 0 Å².